The Balaban J connectivity index is 1.32. The van der Waals surface area contributed by atoms with E-state index in [0.29, 0.717) is 30.1 Å². The van der Waals surface area contributed by atoms with Crippen molar-refractivity contribution in [3.63, 3.8) is 0 Å². The average Bonchev–Trinajstić information content (AvgIpc) is 2.93. The Labute approximate surface area is 218 Å². The van der Waals surface area contributed by atoms with E-state index in [1.54, 1.807) is 19.4 Å². The summed E-state index contributed by atoms with van der Waals surface area (Å²) in [6, 6.07) is 13.3. The first-order valence-corrected chi connectivity index (χ1v) is 13.4. The number of unbranched alkanes of at least 4 members (excludes halogenated alkanes) is 1. The van der Waals surface area contributed by atoms with Crippen LogP contribution in [0.3, 0.4) is 0 Å². The molecule has 1 aliphatic heterocycles. The van der Waals surface area contributed by atoms with Crippen molar-refractivity contribution >= 4 is 16.9 Å². The molecule has 3 heterocycles. The van der Waals surface area contributed by atoms with Gasteiger partial charge in [-0.15, -0.1) is 0 Å². The Morgan fingerprint density at radius 1 is 1.14 bits per heavy atom. The number of carboxylic acid groups (broad SMARTS) is 1. The molecule has 1 aromatic carbocycles. The van der Waals surface area contributed by atoms with Gasteiger partial charge < -0.3 is 14.7 Å². The van der Waals surface area contributed by atoms with Crippen molar-refractivity contribution in [3.05, 3.63) is 66.1 Å². The molecule has 0 radical (unpaired) electrons. The summed E-state index contributed by atoms with van der Waals surface area (Å²) in [4.78, 5) is 22.5. The van der Waals surface area contributed by atoms with Gasteiger partial charge in [-0.2, -0.15) is 0 Å². The van der Waals surface area contributed by atoms with Crippen LogP contribution in [-0.2, 0) is 11.2 Å². The maximum Gasteiger partial charge on any atom is 0.303 e. The van der Waals surface area contributed by atoms with Gasteiger partial charge in [-0.25, -0.2) is 4.39 Å². The fourth-order valence-electron chi connectivity index (χ4n) is 5.63. The van der Waals surface area contributed by atoms with Gasteiger partial charge in [0.1, 0.15) is 11.9 Å². The summed E-state index contributed by atoms with van der Waals surface area (Å²) in [6.45, 7) is 2.90. The lowest BCUT2D eigenvalue weighted by Crippen LogP contribution is -2.41. The molecule has 0 spiro atoms. The minimum absolute atomic E-state index is 0.169. The zero-order valence-corrected chi connectivity index (χ0v) is 21.7. The summed E-state index contributed by atoms with van der Waals surface area (Å²) >= 11 is 0. The number of methoxy groups -OCH3 is 1. The molecule has 0 bridgehead atoms. The number of piperidine rings is 1. The highest BCUT2D eigenvalue weighted by atomic mass is 19.1. The Morgan fingerprint density at radius 2 is 2.03 bits per heavy atom. The minimum atomic E-state index is -1.10. The van der Waals surface area contributed by atoms with Crippen LogP contribution in [0.1, 0.15) is 62.4 Å². The van der Waals surface area contributed by atoms with Crippen LogP contribution < -0.4 is 4.74 Å². The number of aryl methyl sites for hydroxylation is 1. The Bertz CT molecular complexity index is 1140. The van der Waals surface area contributed by atoms with Gasteiger partial charge in [-0.1, -0.05) is 6.07 Å². The van der Waals surface area contributed by atoms with Gasteiger partial charge in [-0.05, 0) is 112 Å². The van der Waals surface area contributed by atoms with Crippen molar-refractivity contribution in [1.29, 1.82) is 0 Å². The fraction of sp³-hybridized carbons (Fsp3) is 0.500. The van der Waals surface area contributed by atoms with E-state index in [1.807, 2.05) is 36.5 Å². The molecular formula is C30H38FN3O3. The number of aromatic nitrogens is 2. The number of ether oxygens (including phenoxy) is 1. The number of pyridine rings is 2. The summed E-state index contributed by atoms with van der Waals surface area (Å²) in [5.41, 5.74) is 2.54. The molecule has 3 aromatic rings. The Kier molecular flexibility index (Phi) is 9.83. The number of hydrogen-bond acceptors (Lipinski definition) is 5. The summed E-state index contributed by atoms with van der Waals surface area (Å²) in [7, 11) is 1.61. The van der Waals surface area contributed by atoms with Gasteiger partial charge >= 0.3 is 5.97 Å². The third kappa shape index (κ3) is 7.71. The number of aliphatic carboxylic acids is 1. The van der Waals surface area contributed by atoms with Crippen molar-refractivity contribution in [3.8, 4) is 5.75 Å². The molecule has 0 amide bonds. The van der Waals surface area contributed by atoms with Crippen molar-refractivity contribution in [2.75, 3.05) is 26.7 Å². The predicted octanol–water partition coefficient (Wildman–Crippen LogP) is 6.26. The van der Waals surface area contributed by atoms with Gasteiger partial charge in [0.2, 0.25) is 0 Å². The largest absolute Gasteiger partial charge is 0.497 e. The normalized spacial score (nSPS) is 19.1. The molecule has 37 heavy (non-hydrogen) atoms. The number of rotatable bonds is 13. The van der Waals surface area contributed by atoms with Crippen LogP contribution in [0.15, 0.2) is 54.9 Å². The molecule has 7 heteroatoms. The van der Waals surface area contributed by atoms with E-state index in [0.717, 1.165) is 68.3 Å². The van der Waals surface area contributed by atoms with Gasteiger partial charge in [0.15, 0.2) is 0 Å². The van der Waals surface area contributed by atoms with E-state index in [2.05, 4.69) is 20.9 Å². The van der Waals surface area contributed by atoms with Crippen molar-refractivity contribution in [2.45, 2.75) is 57.5 Å². The van der Waals surface area contributed by atoms with Crippen LogP contribution in [0.4, 0.5) is 4.39 Å². The third-order valence-electron chi connectivity index (χ3n) is 7.70. The highest BCUT2D eigenvalue weighted by Gasteiger charge is 2.30. The SMILES string of the molecule is COc1ccc2nccc([C@@H](F)CCC3CCN(CCCCc4ccccn4)CC3CCC(=O)O)c2c1. The number of hydrogen-bond donors (Lipinski definition) is 1. The second-order valence-electron chi connectivity index (χ2n) is 10.1. The average molecular weight is 508 g/mol. The highest BCUT2D eigenvalue weighted by molar-refractivity contribution is 5.83. The first kappa shape index (κ1) is 27.0. The number of alkyl halides is 1. The molecule has 0 aliphatic carbocycles. The van der Waals surface area contributed by atoms with E-state index in [1.165, 1.54) is 0 Å². The number of carbonyl (C=O) groups is 1. The monoisotopic (exact) mass is 507 g/mol. The topological polar surface area (TPSA) is 75.5 Å². The number of halogens is 1. The third-order valence-corrected chi connectivity index (χ3v) is 7.70. The molecule has 4 rings (SSSR count). The van der Waals surface area contributed by atoms with Crippen molar-refractivity contribution in [1.82, 2.24) is 14.9 Å². The lowest BCUT2D eigenvalue weighted by atomic mass is 9.79. The number of carboxylic acids is 1. The highest BCUT2D eigenvalue weighted by Crippen LogP contribution is 2.36. The first-order chi connectivity index (χ1) is 18.0. The van der Waals surface area contributed by atoms with E-state index >= 15 is 4.39 Å². The molecule has 1 N–H and O–H groups in total. The molecule has 1 saturated heterocycles. The smallest absolute Gasteiger partial charge is 0.303 e. The fourth-order valence-corrected chi connectivity index (χ4v) is 5.63. The molecule has 6 nitrogen and oxygen atoms in total. The maximum absolute atomic E-state index is 15.5. The standard InChI is InChI=1S/C30H38FN3O3/c1-37-25-10-12-29-27(20-25)26(14-17-33-29)28(31)11-8-22-15-19-34(21-23(22)9-13-30(35)36)18-5-3-7-24-6-2-4-16-32-24/h2,4,6,10,12,14,16-17,20,22-23,28H,3,5,7-9,11,13,15,18-19,21H2,1H3,(H,35,36)/t22?,23?,28-/m0/s1. The molecule has 1 fully saturated rings. The van der Waals surface area contributed by atoms with Gasteiger partial charge in [-0.3, -0.25) is 14.8 Å². The van der Waals surface area contributed by atoms with Gasteiger partial charge in [0, 0.05) is 36.4 Å². The van der Waals surface area contributed by atoms with Gasteiger partial charge in [0.25, 0.3) is 0 Å². The van der Waals surface area contributed by atoms with Crippen LogP contribution in [0, 0.1) is 11.8 Å². The zero-order valence-electron chi connectivity index (χ0n) is 21.7. The second-order valence-corrected chi connectivity index (χ2v) is 10.1. The Hall–Kier alpha value is -3.06. The molecule has 0 saturated carbocycles. The molecular weight excluding hydrogens is 469 g/mol. The lowest BCUT2D eigenvalue weighted by molar-refractivity contribution is -0.137. The first-order valence-electron chi connectivity index (χ1n) is 13.4. The van der Waals surface area contributed by atoms with E-state index in [4.69, 9.17) is 4.74 Å². The summed E-state index contributed by atoms with van der Waals surface area (Å²) < 4.78 is 20.9. The van der Waals surface area contributed by atoms with E-state index < -0.39 is 12.1 Å². The van der Waals surface area contributed by atoms with Crippen LogP contribution in [-0.4, -0.2) is 52.7 Å². The van der Waals surface area contributed by atoms with Crippen LogP contribution in [0.25, 0.3) is 10.9 Å². The molecule has 2 unspecified atom stereocenters. The van der Waals surface area contributed by atoms with Crippen LogP contribution in [0.2, 0.25) is 0 Å². The number of likely N-dealkylation sites (tertiary alicyclic amines) is 1. The number of nitrogens with zero attached hydrogens (tertiary/aromatic N) is 3. The summed E-state index contributed by atoms with van der Waals surface area (Å²) in [5, 5.41) is 10.1. The predicted molar refractivity (Wildman–Crippen MR) is 143 cm³/mol. The van der Waals surface area contributed by atoms with Crippen LogP contribution >= 0.6 is 0 Å². The summed E-state index contributed by atoms with van der Waals surface area (Å²) in [6.07, 6.45) is 8.56. The minimum Gasteiger partial charge on any atom is -0.497 e. The zero-order chi connectivity index (χ0) is 26.0. The van der Waals surface area contributed by atoms with E-state index in [9.17, 15) is 9.90 Å². The second kappa shape index (κ2) is 13.5. The molecule has 3 atom stereocenters. The van der Waals surface area contributed by atoms with Gasteiger partial charge in [0.05, 0.1) is 12.6 Å². The molecule has 1 aliphatic rings. The summed E-state index contributed by atoms with van der Waals surface area (Å²) in [5.74, 6) is 0.550. The quantitative estimate of drug-likeness (QED) is 0.276. The lowest BCUT2D eigenvalue weighted by Gasteiger charge is -2.39. The van der Waals surface area contributed by atoms with Crippen LogP contribution in [0.5, 0.6) is 5.75 Å². The van der Waals surface area contributed by atoms with Crippen molar-refractivity contribution < 1.29 is 19.0 Å². The molecule has 198 valence electrons. The maximum atomic E-state index is 15.5. The molecule has 2 aromatic heterocycles. The van der Waals surface area contributed by atoms with E-state index in [-0.39, 0.29) is 12.3 Å². The number of benzene rings is 1. The van der Waals surface area contributed by atoms with Crippen molar-refractivity contribution in [2.24, 2.45) is 11.8 Å². The number of fused-ring (bicyclic) bond motifs is 1. The Morgan fingerprint density at radius 3 is 2.81 bits per heavy atom.